The van der Waals surface area contributed by atoms with Crippen molar-refractivity contribution in [2.24, 2.45) is 0 Å². The molecule has 2 unspecified atom stereocenters. The number of likely N-dealkylation sites (tertiary alicyclic amines) is 1. The molecule has 5 amide bonds. The standard InChI is InChI=1S/C34H43ClF3N7O4S/c1-41-23-2-3-24(41)16-25(15-23)42-8-10-43(11-9-42)31(47)28(14-20-12-26(34(36,37)38)30(46)27(35)13-20)39-32(48)44-6-4-22(5-7-44)45-17-21-18-50-19-29(21)40-33(45)49/h12-13,18-19,22-25,28,46H,2-11,14-17H2,1H3,(H,39,48)(H,40,49)/t23?,24?,25?,28-/m1/s1. The topological polar surface area (TPSA) is 112 Å². The summed E-state index contributed by atoms with van der Waals surface area (Å²) in [7, 11) is 2.21. The number of aromatic hydroxyl groups is 1. The van der Waals surface area contributed by atoms with Gasteiger partial charge in [-0.05, 0) is 68.6 Å². The fourth-order valence-electron chi connectivity index (χ4n) is 8.55. The lowest BCUT2D eigenvalue weighted by Crippen LogP contribution is -2.60. The van der Waals surface area contributed by atoms with Crippen LogP contribution >= 0.6 is 22.9 Å². The highest BCUT2D eigenvalue weighted by atomic mass is 35.5. The molecule has 11 nitrogen and oxygen atoms in total. The summed E-state index contributed by atoms with van der Waals surface area (Å²) in [5.41, 5.74) is 0.660. The van der Waals surface area contributed by atoms with E-state index in [4.69, 9.17) is 11.6 Å². The minimum Gasteiger partial charge on any atom is -0.506 e. The van der Waals surface area contributed by atoms with Crippen molar-refractivity contribution in [2.45, 2.75) is 87.9 Å². The molecule has 4 fully saturated rings. The maximum Gasteiger partial charge on any atom is 0.420 e. The molecule has 5 aliphatic rings. The summed E-state index contributed by atoms with van der Waals surface area (Å²) in [6.07, 6.45) is 0.639. The number of benzene rings is 1. The van der Waals surface area contributed by atoms with E-state index in [2.05, 4.69) is 27.5 Å². The quantitative estimate of drug-likeness (QED) is 0.384. The van der Waals surface area contributed by atoms with Gasteiger partial charge in [0.2, 0.25) is 5.91 Å². The second-order valence-corrected chi connectivity index (χ2v) is 15.5. The summed E-state index contributed by atoms with van der Waals surface area (Å²) in [4.78, 5) is 50.5. The lowest BCUT2D eigenvalue weighted by atomic mass is 9.95. The van der Waals surface area contributed by atoms with Gasteiger partial charge in [-0.3, -0.25) is 9.69 Å². The van der Waals surface area contributed by atoms with E-state index in [9.17, 15) is 32.7 Å². The van der Waals surface area contributed by atoms with E-state index in [0.717, 1.165) is 30.2 Å². The number of amides is 5. The van der Waals surface area contributed by atoms with Crippen LogP contribution in [0.15, 0.2) is 22.9 Å². The van der Waals surface area contributed by atoms with Crippen LogP contribution in [0.2, 0.25) is 5.02 Å². The van der Waals surface area contributed by atoms with Gasteiger partial charge in [0, 0.05) is 80.8 Å². The van der Waals surface area contributed by atoms with Crippen LogP contribution in [0.4, 0.5) is 28.4 Å². The molecule has 0 radical (unpaired) electrons. The van der Waals surface area contributed by atoms with Crippen molar-refractivity contribution in [3.05, 3.63) is 44.6 Å². The highest BCUT2D eigenvalue weighted by Gasteiger charge is 2.42. The van der Waals surface area contributed by atoms with Crippen molar-refractivity contribution in [1.82, 2.24) is 29.8 Å². The maximum absolute atomic E-state index is 14.1. The van der Waals surface area contributed by atoms with E-state index < -0.39 is 34.6 Å². The Bertz CT molecular complexity index is 1600. The molecule has 16 heteroatoms. The number of hydrogen-bond donors (Lipinski definition) is 3. The first kappa shape index (κ1) is 35.1. The zero-order valence-electron chi connectivity index (χ0n) is 27.9. The van der Waals surface area contributed by atoms with Crippen molar-refractivity contribution < 1.29 is 32.7 Å². The van der Waals surface area contributed by atoms with Gasteiger partial charge in [0.25, 0.3) is 0 Å². The fourth-order valence-corrected chi connectivity index (χ4v) is 9.57. The van der Waals surface area contributed by atoms with Gasteiger partial charge >= 0.3 is 18.2 Å². The molecule has 6 heterocycles. The monoisotopic (exact) mass is 737 g/mol. The minimum absolute atomic E-state index is 0.0690. The molecule has 1 aromatic heterocycles. The number of nitrogens with zero attached hydrogens (tertiary/aromatic N) is 5. The van der Waals surface area contributed by atoms with Gasteiger partial charge < -0.3 is 35.3 Å². The van der Waals surface area contributed by atoms with Gasteiger partial charge in [-0.15, -0.1) is 11.3 Å². The lowest BCUT2D eigenvalue weighted by molar-refractivity contribution is -0.138. The third-order valence-corrected chi connectivity index (χ3v) is 12.5. The Morgan fingerprint density at radius 1 is 0.980 bits per heavy atom. The van der Waals surface area contributed by atoms with E-state index in [1.165, 1.54) is 30.2 Å². The van der Waals surface area contributed by atoms with Crippen LogP contribution in [0.1, 0.15) is 55.2 Å². The predicted molar refractivity (Wildman–Crippen MR) is 183 cm³/mol. The number of urea groups is 2. The molecule has 4 saturated heterocycles. The molecule has 2 bridgehead atoms. The number of alkyl halides is 3. The third-order valence-electron chi connectivity index (χ3n) is 11.5. The smallest absolute Gasteiger partial charge is 0.420 e. The van der Waals surface area contributed by atoms with E-state index >= 15 is 0 Å². The third kappa shape index (κ3) is 7.10. The van der Waals surface area contributed by atoms with E-state index in [1.807, 2.05) is 10.8 Å². The maximum atomic E-state index is 14.1. The second kappa shape index (κ2) is 14.0. The predicted octanol–water partition coefficient (Wildman–Crippen LogP) is 5.03. The molecule has 1 aromatic carbocycles. The summed E-state index contributed by atoms with van der Waals surface area (Å²) in [5.74, 6) is -1.44. The Morgan fingerprint density at radius 3 is 2.32 bits per heavy atom. The van der Waals surface area contributed by atoms with E-state index in [0.29, 0.717) is 76.8 Å². The first-order valence-corrected chi connectivity index (χ1v) is 18.7. The number of carbonyl (C=O) groups excluding carboxylic acids is 3. The Hall–Kier alpha value is -3.27. The molecule has 50 heavy (non-hydrogen) atoms. The van der Waals surface area contributed by atoms with Gasteiger partial charge in [-0.2, -0.15) is 13.2 Å². The largest absolute Gasteiger partial charge is 0.506 e. The highest BCUT2D eigenvalue weighted by molar-refractivity contribution is 7.08. The molecule has 2 aromatic rings. The fraction of sp³-hybridized carbons (Fsp3) is 0.618. The number of halogens is 4. The molecule has 272 valence electrons. The second-order valence-electron chi connectivity index (χ2n) is 14.3. The van der Waals surface area contributed by atoms with Gasteiger partial charge in [0.1, 0.15) is 11.8 Å². The average molecular weight is 738 g/mol. The molecule has 3 atom stereocenters. The molecule has 7 rings (SSSR count). The number of fused-ring (bicyclic) bond motifs is 3. The van der Waals surface area contributed by atoms with Crippen LogP contribution in [0.3, 0.4) is 0 Å². The number of piperidine rings is 2. The van der Waals surface area contributed by atoms with Crippen molar-refractivity contribution in [3.8, 4) is 5.75 Å². The van der Waals surface area contributed by atoms with E-state index in [1.54, 1.807) is 14.7 Å². The van der Waals surface area contributed by atoms with Crippen LogP contribution < -0.4 is 10.6 Å². The average Bonchev–Trinajstić information content (AvgIpc) is 3.61. The molecule has 0 spiro atoms. The molecular formula is C34H43ClF3N7O4S. The number of piperazine rings is 1. The van der Waals surface area contributed by atoms with Crippen molar-refractivity contribution in [3.63, 3.8) is 0 Å². The van der Waals surface area contributed by atoms with Gasteiger partial charge in [0.05, 0.1) is 22.8 Å². The Morgan fingerprint density at radius 2 is 1.66 bits per heavy atom. The number of nitrogens with one attached hydrogen (secondary N) is 2. The summed E-state index contributed by atoms with van der Waals surface area (Å²) >= 11 is 7.54. The van der Waals surface area contributed by atoms with Crippen molar-refractivity contribution in [2.75, 3.05) is 51.6 Å². The molecule has 0 aliphatic carbocycles. The van der Waals surface area contributed by atoms with Gasteiger partial charge in [-0.1, -0.05) is 11.6 Å². The number of phenols is 1. The number of phenolic OH excluding ortho intramolecular Hbond substituents is 1. The summed E-state index contributed by atoms with van der Waals surface area (Å²) in [6, 6.07) is 1.75. The zero-order valence-corrected chi connectivity index (χ0v) is 29.5. The number of rotatable bonds is 6. The van der Waals surface area contributed by atoms with Crippen LogP contribution in [-0.2, 0) is 23.9 Å². The number of hydrogen-bond acceptors (Lipinski definition) is 7. The zero-order chi connectivity index (χ0) is 35.3. The Balaban J connectivity index is 1.02. The minimum atomic E-state index is -4.86. The summed E-state index contributed by atoms with van der Waals surface area (Å²) in [5, 5.41) is 19.2. The van der Waals surface area contributed by atoms with Crippen LogP contribution in [-0.4, -0.2) is 124 Å². The van der Waals surface area contributed by atoms with Gasteiger partial charge in [0.15, 0.2) is 0 Å². The summed E-state index contributed by atoms with van der Waals surface area (Å²) in [6.45, 7) is 3.47. The Labute approximate surface area is 298 Å². The SMILES string of the molecule is CN1C2CCC1CC(N1CCN(C(=O)[C@@H](Cc3cc(Cl)c(O)c(C(F)(F)F)c3)NC(=O)N3CCC(N4Cc5cscc5NC4=O)CC3)CC1)C2. The van der Waals surface area contributed by atoms with Crippen LogP contribution in [0.25, 0.3) is 0 Å². The highest BCUT2D eigenvalue weighted by Crippen LogP contribution is 2.41. The lowest BCUT2D eigenvalue weighted by Gasteiger charge is -2.45. The number of thiophene rings is 1. The molecule has 0 saturated carbocycles. The number of carbonyl (C=O) groups is 3. The van der Waals surface area contributed by atoms with Crippen molar-refractivity contribution in [1.29, 1.82) is 0 Å². The first-order chi connectivity index (χ1) is 23.9. The first-order valence-electron chi connectivity index (χ1n) is 17.4. The normalized spacial score (nSPS) is 25.7. The number of anilines is 1. The van der Waals surface area contributed by atoms with Gasteiger partial charge in [-0.25, -0.2) is 9.59 Å². The molecule has 3 N–H and O–H groups in total. The molecule has 5 aliphatic heterocycles. The van der Waals surface area contributed by atoms with Crippen LogP contribution in [0, 0.1) is 0 Å². The summed E-state index contributed by atoms with van der Waals surface area (Å²) < 4.78 is 41.3. The molecular weight excluding hydrogens is 695 g/mol. The van der Waals surface area contributed by atoms with Crippen molar-refractivity contribution >= 4 is 46.6 Å². The van der Waals surface area contributed by atoms with E-state index in [-0.39, 0.29) is 30.0 Å². The van der Waals surface area contributed by atoms with Crippen LogP contribution in [0.5, 0.6) is 5.75 Å². The Kier molecular flexibility index (Phi) is 9.87.